The predicted molar refractivity (Wildman–Crippen MR) is 78.8 cm³/mol. The molecule has 0 bridgehead atoms. The molecule has 2 heterocycles. The van der Waals surface area contributed by atoms with Gasteiger partial charge in [-0.1, -0.05) is 13.3 Å². The van der Waals surface area contributed by atoms with Crippen molar-refractivity contribution >= 4 is 17.4 Å². The van der Waals surface area contributed by atoms with E-state index in [1.807, 2.05) is 17.0 Å². The van der Waals surface area contributed by atoms with Crippen molar-refractivity contribution in [1.29, 1.82) is 0 Å². The summed E-state index contributed by atoms with van der Waals surface area (Å²) in [6.45, 7) is 2.87. The molecule has 0 amide bonds. The normalized spacial score (nSPS) is 17.3. The van der Waals surface area contributed by atoms with Gasteiger partial charge in [-0.25, -0.2) is 4.98 Å². The molecule has 21 heavy (non-hydrogen) atoms. The molecule has 0 aromatic carbocycles. The largest absolute Gasteiger partial charge is 0.391 e. The molecule has 1 aromatic rings. The molecule has 0 aliphatic carbocycles. The van der Waals surface area contributed by atoms with Gasteiger partial charge in [-0.05, 0) is 37.0 Å². The van der Waals surface area contributed by atoms with E-state index < -0.39 is 12.1 Å². The third-order valence-corrected chi connectivity index (χ3v) is 4.18. The van der Waals surface area contributed by atoms with Crippen LogP contribution in [0.2, 0.25) is 0 Å². The summed E-state index contributed by atoms with van der Waals surface area (Å²) in [5.74, 6) is -0.0251. The number of aromatic nitrogens is 1. The zero-order chi connectivity index (χ0) is 15.5. The van der Waals surface area contributed by atoms with Crippen LogP contribution in [0.3, 0.4) is 0 Å². The number of rotatable bonds is 4. The van der Waals surface area contributed by atoms with E-state index in [1.54, 1.807) is 0 Å². The zero-order valence-electron chi connectivity index (χ0n) is 12.1. The molecule has 0 saturated carbocycles. The van der Waals surface area contributed by atoms with Gasteiger partial charge in [0.25, 0.3) is 0 Å². The summed E-state index contributed by atoms with van der Waals surface area (Å²) in [5, 5.41) is 0. The minimum Gasteiger partial charge on any atom is -0.357 e. The third-order valence-electron chi connectivity index (χ3n) is 3.87. The van der Waals surface area contributed by atoms with Gasteiger partial charge in [0.2, 0.25) is 0 Å². The van der Waals surface area contributed by atoms with Crippen molar-refractivity contribution in [2.24, 2.45) is 5.92 Å². The average Bonchev–Trinajstić information content (AvgIpc) is 2.46. The number of piperidine rings is 1. The molecule has 1 aromatic heterocycles. The Kier molecular flexibility index (Phi) is 5.36. The van der Waals surface area contributed by atoms with E-state index in [0.29, 0.717) is 19.0 Å². The van der Waals surface area contributed by atoms with E-state index >= 15 is 0 Å². The molecule has 2 rings (SSSR count). The number of halogens is 4. The molecule has 1 aliphatic rings. The Labute approximate surface area is 128 Å². The summed E-state index contributed by atoms with van der Waals surface area (Å²) < 4.78 is 38.1. The number of aryl methyl sites for hydroxylation is 1. The molecule has 0 spiro atoms. The summed E-state index contributed by atoms with van der Waals surface area (Å²) in [6.07, 6.45) is -1.96. The number of pyridine rings is 1. The Morgan fingerprint density at radius 3 is 2.48 bits per heavy atom. The lowest BCUT2D eigenvalue weighted by Gasteiger charge is -2.34. The van der Waals surface area contributed by atoms with E-state index in [-0.39, 0.29) is 12.8 Å². The Morgan fingerprint density at radius 2 is 1.95 bits per heavy atom. The highest BCUT2D eigenvalue weighted by Crippen LogP contribution is 2.35. The van der Waals surface area contributed by atoms with E-state index in [0.717, 1.165) is 29.9 Å². The van der Waals surface area contributed by atoms with Gasteiger partial charge in [-0.2, -0.15) is 13.2 Å². The summed E-state index contributed by atoms with van der Waals surface area (Å²) in [7, 11) is 0. The van der Waals surface area contributed by atoms with Crippen molar-refractivity contribution in [2.45, 2.75) is 44.7 Å². The third kappa shape index (κ3) is 4.25. The molecular weight excluding hydrogens is 301 g/mol. The van der Waals surface area contributed by atoms with Crippen LogP contribution in [-0.2, 0) is 12.3 Å². The Hall–Kier alpha value is -0.970. The van der Waals surface area contributed by atoms with Gasteiger partial charge in [0.05, 0.1) is 5.92 Å². The van der Waals surface area contributed by atoms with E-state index in [1.165, 1.54) is 0 Å². The SMILES string of the molecule is CCCc1cc(CCl)cc(N2CCC(C(F)(F)F)CC2)n1. The highest BCUT2D eigenvalue weighted by molar-refractivity contribution is 6.17. The lowest BCUT2D eigenvalue weighted by atomic mass is 9.96. The van der Waals surface area contributed by atoms with Crippen LogP contribution < -0.4 is 4.90 Å². The zero-order valence-corrected chi connectivity index (χ0v) is 12.8. The molecule has 118 valence electrons. The molecule has 0 atom stereocenters. The van der Waals surface area contributed by atoms with Crippen molar-refractivity contribution in [1.82, 2.24) is 4.98 Å². The van der Waals surface area contributed by atoms with Crippen molar-refractivity contribution < 1.29 is 13.2 Å². The van der Waals surface area contributed by atoms with Gasteiger partial charge >= 0.3 is 6.18 Å². The quantitative estimate of drug-likeness (QED) is 0.756. The average molecular weight is 321 g/mol. The summed E-state index contributed by atoms with van der Waals surface area (Å²) in [6, 6.07) is 3.86. The molecular formula is C15H20ClF3N2. The maximum atomic E-state index is 12.7. The van der Waals surface area contributed by atoms with Crippen LogP contribution >= 0.6 is 11.6 Å². The Balaban J connectivity index is 2.10. The monoisotopic (exact) mass is 320 g/mol. The highest BCUT2D eigenvalue weighted by Gasteiger charge is 2.41. The fraction of sp³-hybridized carbons (Fsp3) is 0.667. The van der Waals surface area contributed by atoms with Crippen LogP contribution in [0.1, 0.15) is 37.4 Å². The number of hydrogen-bond acceptors (Lipinski definition) is 2. The molecule has 1 saturated heterocycles. The van der Waals surface area contributed by atoms with Crippen molar-refractivity contribution in [2.75, 3.05) is 18.0 Å². The first-order chi connectivity index (χ1) is 9.94. The maximum absolute atomic E-state index is 12.7. The fourth-order valence-electron chi connectivity index (χ4n) is 2.69. The van der Waals surface area contributed by atoms with Gasteiger partial charge in [0.15, 0.2) is 0 Å². The summed E-state index contributed by atoms with van der Waals surface area (Å²) >= 11 is 5.90. The second kappa shape index (κ2) is 6.86. The van der Waals surface area contributed by atoms with Gasteiger partial charge in [-0.3, -0.25) is 0 Å². The predicted octanol–water partition coefficient (Wildman–Crippen LogP) is 4.55. The van der Waals surface area contributed by atoms with Gasteiger partial charge < -0.3 is 4.90 Å². The van der Waals surface area contributed by atoms with Crippen LogP contribution in [0.25, 0.3) is 0 Å². The lowest BCUT2D eigenvalue weighted by molar-refractivity contribution is -0.179. The first-order valence-corrected chi connectivity index (χ1v) is 7.85. The van der Waals surface area contributed by atoms with Crippen LogP contribution in [0.15, 0.2) is 12.1 Å². The summed E-state index contributed by atoms with van der Waals surface area (Å²) in [4.78, 5) is 6.51. The molecule has 0 N–H and O–H groups in total. The van der Waals surface area contributed by atoms with E-state index in [4.69, 9.17) is 11.6 Å². The molecule has 2 nitrogen and oxygen atoms in total. The Bertz CT molecular complexity index is 468. The molecule has 6 heteroatoms. The van der Waals surface area contributed by atoms with E-state index in [9.17, 15) is 13.2 Å². The van der Waals surface area contributed by atoms with Crippen molar-refractivity contribution in [3.63, 3.8) is 0 Å². The first-order valence-electron chi connectivity index (χ1n) is 7.31. The van der Waals surface area contributed by atoms with Crippen molar-refractivity contribution in [3.8, 4) is 0 Å². The first kappa shape index (κ1) is 16.4. The lowest BCUT2D eigenvalue weighted by Crippen LogP contribution is -2.39. The minimum absolute atomic E-state index is 0.138. The second-order valence-corrected chi connectivity index (χ2v) is 5.78. The molecule has 0 radical (unpaired) electrons. The second-order valence-electron chi connectivity index (χ2n) is 5.51. The fourth-order valence-corrected chi connectivity index (χ4v) is 2.85. The standard InChI is InChI=1S/C15H20ClF3N2/c1-2-3-13-8-11(10-16)9-14(20-13)21-6-4-12(5-7-21)15(17,18)19/h8-9,12H,2-7,10H2,1H3. The number of alkyl halides is 4. The number of nitrogens with zero attached hydrogens (tertiary/aromatic N) is 2. The van der Waals surface area contributed by atoms with E-state index in [2.05, 4.69) is 11.9 Å². The van der Waals surface area contributed by atoms with Gasteiger partial charge in [-0.15, -0.1) is 11.6 Å². The van der Waals surface area contributed by atoms with Crippen LogP contribution in [0.4, 0.5) is 19.0 Å². The smallest absolute Gasteiger partial charge is 0.357 e. The number of anilines is 1. The van der Waals surface area contributed by atoms with Crippen molar-refractivity contribution in [3.05, 3.63) is 23.4 Å². The van der Waals surface area contributed by atoms with Crippen LogP contribution in [-0.4, -0.2) is 24.2 Å². The summed E-state index contributed by atoms with van der Waals surface area (Å²) in [5.41, 5.74) is 1.94. The molecule has 1 aliphatic heterocycles. The van der Waals surface area contributed by atoms with Gasteiger partial charge in [0, 0.05) is 24.7 Å². The number of hydrogen-bond donors (Lipinski definition) is 0. The topological polar surface area (TPSA) is 16.1 Å². The van der Waals surface area contributed by atoms with Crippen LogP contribution in [0, 0.1) is 5.92 Å². The highest BCUT2D eigenvalue weighted by atomic mass is 35.5. The molecule has 1 fully saturated rings. The maximum Gasteiger partial charge on any atom is 0.391 e. The minimum atomic E-state index is -4.08. The van der Waals surface area contributed by atoms with Crippen LogP contribution in [0.5, 0.6) is 0 Å². The van der Waals surface area contributed by atoms with Gasteiger partial charge in [0.1, 0.15) is 5.82 Å². The Morgan fingerprint density at radius 1 is 1.29 bits per heavy atom. The molecule has 0 unspecified atom stereocenters.